The molecule has 1 saturated heterocycles. The minimum absolute atomic E-state index is 0.0384. The number of nitrogens with zero attached hydrogens (tertiary/aromatic N) is 1. The van der Waals surface area contributed by atoms with E-state index in [1.54, 1.807) is 4.31 Å². The molecular weight excluding hydrogens is 286 g/mol. The van der Waals surface area contributed by atoms with Crippen LogP contribution < -0.4 is 0 Å². The zero-order chi connectivity index (χ0) is 15.5. The molecule has 0 N–H and O–H groups in total. The lowest BCUT2D eigenvalue weighted by Crippen LogP contribution is -2.48. The van der Waals surface area contributed by atoms with Gasteiger partial charge in [-0.2, -0.15) is 0 Å². The molecule has 3 aliphatic rings. The fourth-order valence-corrected chi connectivity index (χ4v) is 7.02. The molecule has 2 aliphatic carbocycles. The van der Waals surface area contributed by atoms with Crippen molar-refractivity contribution in [2.45, 2.75) is 52.9 Å². The molecule has 2 unspecified atom stereocenters. The first-order valence-electron chi connectivity index (χ1n) is 8.20. The standard InChI is InChI=1S/C16H27NO3S/c1-12-5-8-17(9-6-12)21(19,20)11-16-7-4-13(10-14(16)18)15(16,2)3/h12-13H,4-11H2,1-3H3. The fraction of sp³-hybridized carbons (Fsp3) is 0.938. The summed E-state index contributed by atoms with van der Waals surface area (Å²) in [4.78, 5) is 12.5. The van der Waals surface area contributed by atoms with E-state index in [9.17, 15) is 13.2 Å². The van der Waals surface area contributed by atoms with Crippen LogP contribution in [0.25, 0.3) is 0 Å². The predicted molar refractivity (Wildman–Crippen MR) is 82.3 cm³/mol. The maximum absolute atomic E-state index is 12.8. The molecule has 21 heavy (non-hydrogen) atoms. The Balaban J connectivity index is 1.83. The molecule has 2 atom stereocenters. The Hall–Kier alpha value is -0.420. The van der Waals surface area contributed by atoms with Gasteiger partial charge in [-0.3, -0.25) is 4.79 Å². The summed E-state index contributed by atoms with van der Waals surface area (Å²) < 4.78 is 27.3. The Morgan fingerprint density at radius 2 is 1.81 bits per heavy atom. The van der Waals surface area contributed by atoms with E-state index in [4.69, 9.17) is 0 Å². The number of carbonyl (C=O) groups is 1. The van der Waals surface area contributed by atoms with Gasteiger partial charge in [-0.15, -0.1) is 0 Å². The lowest BCUT2D eigenvalue weighted by molar-refractivity contribution is -0.128. The van der Waals surface area contributed by atoms with E-state index in [0.29, 0.717) is 31.3 Å². The summed E-state index contributed by atoms with van der Waals surface area (Å²) in [5.74, 6) is 1.21. The number of piperidine rings is 1. The monoisotopic (exact) mass is 313 g/mol. The van der Waals surface area contributed by atoms with Gasteiger partial charge in [0.15, 0.2) is 0 Å². The SMILES string of the molecule is CC1CCN(S(=O)(=O)CC23CCC(CC2=O)C3(C)C)CC1. The number of carbonyl (C=O) groups excluding carboxylic acids is 1. The number of ketones is 1. The highest BCUT2D eigenvalue weighted by Crippen LogP contribution is 2.64. The summed E-state index contributed by atoms with van der Waals surface area (Å²) in [6.45, 7) is 7.62. The molecule has 0 spiro atoms. The predicted octanol–water partition coefficient (Wildman–Crippen LogP) is 2.44. The van der Waals surface area contributed by atoms with Gasteiger partial charge >= 0.3 is 0 Å². The third kappa shape index (κ3) is 2.19. The highest BCUT2D eigenvalue weighted by Gasteiger charge is 2.65. The van der Waals surface area contributed by atoms with Gasteiger partial charge in [-0.25, -0.2) is 12.7 Å². The Bertz CT molecular complexity index is 546. The van der Waals surface area contributed by atoms with Gasteiger partial charge in [0, 0.05) is 24.9 Å². The van der Waals surface area contributed by atoms with Gasteiger partial charge in [0.2, 0.25) is 10.0 Å². The second kappa shape index (κ2) is 4.79. The second-order valence-electron chi connectivity index (χ2n) is 8.00. The van der Waals surface area contributed by atoms with E-state index in [2.05, 4.69) is 20.8 Å². The Labute approximate surface area is 128 Å². The largest absolute Gasteiger partial charge is 0.299 e. The molecule has 0 radical (unpaired) electrons. The van der Waals surface area contributed by atoms with Crippen LogP contribution in [-0.4, -0.2) is 37.3 Å². The molecule has 2 saturated carbocycles. The summed E-state index contributed by atoms with van der Waals surface area (Å²) in [7, 11) is -3.33. The Morgan fingerprint density at radius 1 is 1.19 bits per heavy atom. The van der Waals surface area contributed by atoms with Crippen molar-refractivity contribution >= 4 is 15.8 Å². The Morgan fingerprint density at radius 3 is 2.29 bits per heavy atom. The van der Waals surface area contributed by atoms with Crippen molar-refractivity contribution in [3.63, 3.8) is 0 Å². The van der Waals surface area contributed by atoms with Gasteiger partial charge in [0.1, 0.15) is 5.78 Å². The van der Waals surface area contributed by atoms with Crippen LogP contribution in [0.1, 0.15) is 52.9 Å². The molecule has 5 heteroatoms. The summed E-state index contributed by atoms with van der Waals surface area (Å²) in [5.41, 5.74) is -0.792. The average Bonchev–Trinajstić information content (AvgIpc) is 2.72. The maximum atomic E-state index is 12.8. The minimum Gasteiger partial charge on any atom is -0.299 e. The lowest BCUT2D eigenvalue weighted by atomic mass is 9.70. The molecule has 0 aromatic rings. The maximum Gasteiger partial charge on any atom is 0.215 e. The molecule has 1 heterocycles. The minimum atomic E-state index is -3.33. The number of fused-ring (bicyclic) bond motifs is 2. The number of rotatable bonds is 3. The first-order chi connectivity index (χ1) is 9.69. The van der Waals surface area contributed by atoms with Crippen LogP contribution >= 0.6 is 0 Å². The van der Waals surface area contributed by atoms with Crippen LogP contribution in [0.3, 0.4) is 0 Å². The van der Waals surface area contributed by atoms with Crippen LogP contribution in [0.5, 0.6) is 0 Å². The third-order valence-corrected chi connectivity index (χ3v) is 8.71. The molecular formula is C16H27NO3S. The molecule has 3 fully saturated rings. The van der Waals surface area contributed by atoms with Crippen molar-refractivity contribution in [2.24, 2.45) is 22.7 Å². The second-order valence-corrected chi connectivity index (χ2v) is 9.97. The van der Waals surface area contributed by atoms with Crippen LogP contribution in [-0.2, 0) is 14.8 Å². The molecule has 4 nitrogen and oxygen atoms in total. The van der Waals surface area contributed by atoms with E-state index in [-0.39, 0.29) is 17.0 Å². The van der Waals surface area contributed by atoms with Crippen LogP contribution in [0.15, 0.2) is 0 Å². The van der Waals surface area contributed by atoms with Crippen molar-refractivity contribution in [2.75, 3.05) is 18.8 Å². The summed E-state index contributed by atoms with van der Waals surface area (Å²) in [5, 5.41) is 0. The number of Topliss-reactive ketones (excluding diaryl/α,β-unsaturated/α-hetero) is 1. The summed E-state index contributed by atoms with van der Waals surface area (Å²) in [6, 6.07) is 0. The van der Waals surface area contributed by atoms with Crippen molar-refractivity contribution in [1.82, 2.24) is 4.31 Å². The smallest absolute Gasteiger partial charge is 0.215 e. The van der Waals surface area contributed by atoms with Crippen LogP contribution in [0.4, 0.5) is 0 Å². The van der Waals surface area contributed by atoms with E-state index in [0.717, 1.165) is 25.7 Å². The number of hydrogen-bond donors (Lipinski definition) is 0. The Kier molecular flexibility index (Phi) is 3.53. The molecule has 0 aromatic heterocycles. The highest BCUT2D eigenvalue weighted by molar-refractivity contribution is 7.89. The normalized spacial score (nSPS) is 37.3. The van der Waals surface area contributed by atoms with Crippen molar-refractivity contribution in [3.8, 4) is 0 Å². The first kappa shape index (κ1) is 15.5. The quantitative estimate of drug-likeness (QED) is 0.804. The lowest BCUT2D eigenvalue weighted by Gasteiger charge is -2.38. The van der Waals surface area contributed by atoms with E-state index in [1.165, 1.54) is 0 Å². The van der Waals surface area contributed by atoms with Crippen molar-refractivity contribution in [1.29, 1.82) is 0 Å². The van der Waals surface area contributed by atoms with Gasteiger partial charge in [-0.1, -0.05) is 20.8 Å². The van der Waals surface area contributed by atoms with Gasteiger partial charge in [-0.05, 0) is 42.9 Å². The third-order valence-electron chi connectivity index (χ3n) is 6.70. The molecule has 1 aliphatic heterocycles. The van der Waals surface area contributed by atoms with Gasteiger partial charge in [0.05, 0.1) is 5.75 Å². The van der Waals surface area contributed by atoms with Crippen LogP contribution in [0, 0.1) is 22.7 Å². The molecule has 2 bridgehead atoms. The molecule has 0 amide bonds. The van der Waals surface area contributed by atoms with Gasteiger partial charge < -0.3 is 0 Å². The highest BCUT2D eigenvalue weighted by atomic mass is 32.2. The van der Waals surface area contributed by atoms with Crippen molar-refractivity contribution in [3.05, 3.63) is 0 Å². The van der Waals surface area contributed by atoms with E-state index < -0.39 is 15.4 Å². The van der Waals surface area contributed by atoms with E-state index >= 15 is 0 Å². The fourth-order valence-electron chi connectivity index (χ4n) is 4.77. The zero-order valence-electron chi connectivity index (χ0n) is 13.4. The van der Waals surface area contributed by atoms with E-state index in [1.807, 2.05) is 0 Å². The van der Waals surface area contributed by atoms with Crippen molar-refractivity contribution < 1.29 is 13.2 Å². The topological polar surface area (TPSA) is 54.5 Å². The zero-order valence-corrected chi connectivity index (χ0v) is 14.2. The first-order valence-corrected chi connectivity index (χ1v) is 9.81. The summed E-state index contributed by atoms with van der Waals surface area (Å²) >= 11 is 0. The molecule has 0 aromatic carbocycles. The number of hydrogen-bond acceptors (Lipinski definition) is 3. The molecule has 120 valence electrons. The average molecular weight is 313 g/mol. The van der Waals surface area contributed by atoms with Crippen LogP contribution in [0.2, 0.25) is 0 Å². The van der Waals surface area contributed by atoms with Gasteiger partial charge in [0.25, 0.3) is 0 Å². The summed E-state index contributed by atoms with van der Waals surface area (Å²) in [6.07, 6.45) is 4.22. The molecule has 3 rings (SSSR count). The number of sulfonamides is 1.